The first-order valence-electron chi connectivity index (χ1n) is 11.5. The Balaban J connectivity index is 1.53. The van der Waals surface area contributed by atoms with Gasteiger partial charge in [0.2, 0.25) is 0 Å². The van der Waals surface area contributed by atoms with Crippen LogP contribution in [0.15, 0.2) is 36.4 Å². The molecule has 2 aromatic carbocycles. The number of ether oxygens (including phenoxy) is 3. The van der Waals surface area contributed by atoms with Crippen molar-refractivity contribution >= 4 is 11.6 Å². The summed E-state index contributed by atoms with van der Waals surface area (Å²) in [6, 6.07) is 12.2. The standard InChI is InChI=1S/C26H33NO4/c1-4-5-6-7-15-29-22-13-11-21(12-14-22)18-27-24-20(3)10-9-19(2)23(24)26(25(27)28)30-16-8-17-31-26/h9-14H,4-8,15-18H2,1-3H3. The summed E-state index contributed by atoms with van der Waals surface area (Å²) in [4.78, 5) is 15.4. The topological polar surface area (TPSA) is 48.0 Å². The molecule has 2 heterocycles. The minimum Gasteiger partial charge on any atom is -0.494 e. The van der Waals surface area contributed by atoms with Gasteiger partial charge >= 0.3 is 0 Å². The van der Waals surface area contributed by atoms with Gasteiger partial charge in [0.05, 0.1) is 32.1 Å². The van der Waals surface area contributed by atoms with E-state index in [-0.39, 0.29) is 5.91 Å². The maximum Gasteiger partial charge on any atom is 0.292 e. The van der Waals surface area contributed by atoms with Crippen molar-refractivity contribution in [1.82, 2.24) is 0 Å². The molecule has 1 saturated heterocycles. The number of amides is 1. The molecule has 0 radical (unpaired) electrons. The largest absolute Gasteiger partial charge is 0.494 e. The first-order chi connectivity index (χ1) is 15.1. The molecule has 166 valence electrons. The number of rotatable bonds is 8. The highest BCUT2D eigenvalue weighted by Gasteiger charge is 2.56. The van der Waals surface area contributed by atoms with Crippen LogP contribution in [0.25, 0.3) is 0 Å². The molecule has 4 rings (SSSR count). The maximum atomic E-state index is 13.6. The third kappa shape index (κ3) is 4.21. The van der Waals surface area contributed by atoms with E-state index in [1.54, 1.807) is 0 Å². The van der Waals surface area contributed by atoms with Crippen molar-refractivity contribution in [3.63, 3.8) is 0 Å². The average Bonchev–Trinajstić information content (AvgIpc) is 3.01. The number of nitrogens with zero attached hydrogens (tertiary/aromatic N) is 1. The van der Waals surface area contributed by atoms with Crippen molar-refractivity contribution in [2.75, 3.05) is 24.7 Å². The Morgan fingerprint density at radius 2 is 1.68 bits per heavy atom. The van der Waals surface area contributed by atoms with E-state index in [2.05, 4.69) is 13.0 Å². The summed E-state index contributed by atoms with van der Waals surface area (Å²) < 4.78 is 17.9. The summed E-state index contributed by atoms with van der Waals surface area (Å²) in [7, 11) is 0. The number of fused-ring (bicyclic) bond motifs is 2. The van der Waals surface area contributed by atoms with Crippen molar-refractivity contribution in [3.8, 4) is 5.75 Å². The number of hydrogen-bond donors (Lipinski definition) is 0. The molecule has 0 N–H and O–H groups in total. The van der Waals surface area contributed by atoms with E-state index < -0.39 is 5.79 Å². The number of benzene rings is 2. The molecule has 0 aliphatic carbocycles. The highest BCUT2D eigenvalue weighted by molar-refractivity contribution is 6.07. The molecular formula is C26H33NO4. The predicted octanol–water partition coefficient (Wildman–Crippen LogP) is 5.40. The summed E-state index contributed by atoms with van der Waals surface area (Å²) in [6.07, 6.45) is 5.56. The molecule has 0 aromatic heterocycles. The molecule has 0 saturated carbocycles. The van der Waals surface area contributed by atoms with E-state index in [1.165, 1.54) is 19.3 Å². The lowest BCUT2D eigenvalue weighted by Gasteiger charge is -2.33. The van der Waals surface area contributed by atoms with Gasteiger partial charge in [0, 0.05) is 5.56 Å². The van der Waals surface area contributed by atoms with Crippen LogP contribution in [0, 0.1) is 13.8 Å². The minimum absolute atomic E-state index is 0.129. The average molecular weight is 424 g/mol. The van der Waals surface area contributed by atoms with Crippen LogP contribution in [-0.2, 0) is 26.6 Å². The van der Waals surface area contributed by atoms with E-state index in [4.69, 9.17) is 14.2 Å². The van der Waals surface area contributed by atoms with Crippen LogP contribution in [0.3, 0.4) is 0 Å². The monoisotopic (exact) mass is 423 g/mol. The van der Waals surface area contributed by atoms with Gasteiger partial charge in [-0.1, -0.05) is 50.5 Å². The normalized spacial score (nSPS) is 17.3. The van der Waals surface area contributed by atoms with Gasteiger partial charge in [0.15, 0.2) is 0 Å². The van der Waals surface area contributed by atoms with Crippen molar-refractivity contribution in [2.24, 2.45) is 0 Å². The number of anilines is 1. The van der Waals surface area contributed by atoms with Crippen molar-refractivity contribution < 1.29 is 19.0 Å². The third-order valence-electron chi connectivity index (χ3n) is 6.14. The Labute approximate surface area is 185 Å². The van der Waals surface area contributed by atoms with Crippen LogP contribution in [0.4, 0.5) is 5.69 Å². The second-order valence-electron chi connectivity index (χ2n) is 8.53. The second-order valence-corrected chi connectivity index (χ2v) is 8.53. The Morgan fingerprint density at radius 1 is 0.968 bits per heavy atom. The number of aryl methyl sites for hydroxylation is 2. The zero-order valence-electron chi connectivity index (χ0n) is 18.9. The van der Waals surface area contributed by atoms with Gasteiger partial charge in [-0.15, -0.1) is 0 Å². The minimum atomic E-state index is -1.30. The summed E-state index contributed by atoms with van der Waals surface area (Å²) >= 11 is 0. The molecule has 5 nitrogen and oxygen atoms in total. The fourth-order valence-corrected chi connectivity index (χ4v) is 4.49. The van der Waals surface area contributed by atoms with Crippen LogP contribution < -0.4 is 9.64 Å². The molecule has 1 amide bonds. The maximum absolute atomic E-state index is 13.6. The second kappa shape index (κ2) is 9.41. The lowest BCUT2D eigenvalue weighted by molar-refractivity contribution is -0.257. The van der Waals surface area contributed by atoms with Gasteiger partial charge in [0.1, 0.15) is 5.75 Å². The predicted molar refractivity (Wildman–Crippen MR) is 121 cm³/mol. The third-order valence-corrected chi connectivity index (χ3v) is 6.14. The number of carbonyl (C=O) groups excluding carboxylic acids is 1. The van der Waals surface area contributed by atoms with Gasteiger partial charge < -0.3 is 19.1 Å². The van der Waals surface area contributed by atoms with Crippen LogP contribution in [0.1, 0.15) is 61.3 Å². The van der Waals surface area contributed by atoms with E-state index in [9.17, 15) is 4.79 Å². The van der Waals surface area contributed by atoms with Crippen LogP contribution in [0.2, 0.25) is 0 Å². The van der Waals surface area contributed by atoms with E-state index in [0.29, 0.717) is 19.8 Å². The molecular weight excluding hydrogens is 390 g/mol. The van der Waals surface area contributed by atoms with Crippen molar-refractivity contribution in [1.29, 1.82) is 0 Å². The Kier molecular flexibility index (Phi) is 6.63. The van der Waals surface area contributed by atoms with Gasteiger partial charge in [-0.3, -0.25) is 4.79 Å². The molecule has 0 unspecified atom stereocenters. The Morgan fingerprint density at radius 3 is 2.39 bits per heavy atom. The molecule has 1 spiro atoms. The van der Waals surface area contributed by atoms with Crippen molar-refractivity contribution in [2.45, 2.75) is 65.2 Å². The van der Waals surface area contributed by atoms with Gasteiger partial charge in [-0.05, 0) is 55.5 Å². The summed E-state index contributed by atoms with van der Waals surface area (Å²) in [6.45, 7) is 8.53. The van der Waals surface area contributed by atoms with Gasteiger partial charge in [0.25, 0.3) is 11.7 Å². The Hall–Kier alpha value is -2.37. The zero-order valence-corrected chi connectivity index (χ0v) is 18.9. The lowest BCUT2D eigenvalue weighted by Crippen LogP contribution is -2.47. The highest BCUT2D eigenvalue weighted by Crippen LogP contribution is 2.48. The molecule has 2 aliphatic rings. The molecule has 0 atom stereocenters. The number of hydrogen-bond acceptors (Lipinski definition) is 4. The highest BCUT2D eigenvalue weighted by atomic mass is 16.7. The molecule has 0 bridgehead atoms. The fourth-order valence-electron chi connectivity index (χ4n) is 4.49. The molecule has 31 heavy (non-hydrogen) atoms. The quantitative estimate of drug-likeness (QED) is 0.534. The summed E-state index contributed by atoms with van der Waals surface area (Å²) in [5.74, 6) is -0.558. The van der Waals surface area contributed by atoms with Crippen LogP contribution >= 0.6 is 0 Å². The van der Waals surface area contributed by atoms with Crippen molar-refractivity contribution in [3.05, 3.63) is 58.7 Å². The van der Waals surface area contributed by atoms with Gasteiger partial charge in [-0.2, -0.15) is 0 Å². The van der Waals surface area contributed by atoms with E-state index >= 15 is 0 Å². The lowest BCUT2D eigenvalue weighted by atomic mass is 9.97. The number of carbonyl (C=O) groups is 1. The smallest absolute Gasteiger partial charge is 0.292 e. The van der Waals surface area contributed by atoms with Gasteiger partial charge in [-0.25, -0.2) is 0 Å². The summed E-state index contributed by atoms with van der Waals surface area (Å²) in [5.41, 5.74) is 4.90. The van der Waals surface area contributed by atoms with E-state index in [1.807, 2.05) is 49.1 Å². The first kappa shape index (κ1) is 21.8. The van der Waals surface area contributed by atoms with Crippen LogP contribution in [-0.4, -0.2) is 25.7 Å². The molecule has 2 aliphatic heterocycles. The first-order valence-corrected chi connectivity index (χ1v) is 11.5. The fraction of sp³-hybridized carbons (Fsp3) is 0.500. The zero-order chi connectivity index (χ0) is 21.8. The number of unbranched alkanes of at least 4 members (excludes halogenated alkanes) is 3. The molecule has 2 aromatic rings. The SMILES string of the molecule is CCCCCCOc1ccc(CN2C(=O)C3(OCCCO3)c3c(C)ccc(C)c32)cc1. The van der Waals surface area contributed by atoms with E-state index in [0.717, 1.165) is 53.1 Å². The van der Waals surface area contributed by atoms with Crippen LogP contribution in [0.5, 0.6) is 5.75 Å². The summed E-state index contributed by atoms with van der Waals surface area (Å²) in [5, 5.41) is 0. The molecule has 1 fully saturated rings. The Bertz CT molecular complexity index is 916. The molecule has 5 heteroatoms.